The van der Waals surface area contributed by atoms with Crippen LogP contribution in [0, 0.1) is 18.6 Å². The number of rotatable bonds is 7. The Labute approximate surface area is 286 Å². The van der Waals surface area contributed by atoms with Crippen LogP contribution in [0.1, 0.15) is 44.4 Å². The maximum Gasteiger partial charge on any atom is 0.281 e. The Kier molecular flexibility index (Phi) is 8.97. The number of hydrogen-bond donors (Lipinski definition) is 2. The molecule has 0 radical (unpaired) electrons. The van der Waals surface area contributed by atoms with E-state index in [2.05, 4.69) is 11.6 Å². The van der Waals surface area contributed by atoms with Gasteiger partial charge in [0.25, 0.3) is 11.5 Å². The predicted molar refractivity (Wildman–Crippen MR) is 185 cm³/mol. The van der Waals surface area contributed by atoms with E-state index in [1.165, 1.54) is 38.6 Å². The highest BCUT2D eigenvalue weighted by Gasteiger charge is 2.47. The first-order chi connectivity index (χ1) is 23.3. The van der Waals surface area contributed by atoms with Crippen molar-refractivity contribution in [3.05, 3.63) is 87.5 Å². The van der Waals surface area contributed by atoms with Crippen molar-refractivity contribution < 1.29 is 28.6 Å². The molecule has 4 heterocycles. The number of aromatic nitrogens is 2. The molecule has 2 aliphatic rings. The summed E-state index contributed by atoms with van der Waals surface area (Å²) in [5.41, 5.74) is -0.407. The van der Waals surface area contributed by atoms with Crippen LogP contribution >= 0.6 is 11.6 Å². The molecule has 2 N–H and O–H groups in total. The minimum Gasteiger partial charge on any atom is -0.507 e. The second-order valence-electron chi connectivity index (χ2n) is 12.7. The Morgan fingerprint density at radius 2 is 1.88 bits per heavy atom. The van der Waals surface area contributed by atoms with Crippen molar-refractivity contribution >= 4 is 45.7 Å². The summed E-state index contributed by atoms with van der Waals surface area (Å²) in [6, 6.07) is 5.24. The number of amides is 2. The standard InChI is InChI=1S/C36H36ClF2N5O5/c1-6-26(47)42-17-24-35(48)41(13-8-14-45)34-33(43(24)16-20(42)5)21-15-22(37)27(28-23(38)9-7-10-25(28)46)29(39)32(21)44(36(34)49)31-19(4)11-12-40-30(31)18(2)3/h6-7,9-12,15,18,20,24,45-46H,1,8,13-14,16-17H2,2-5H3. The Hall–Kier alpha value is -4.81. The second kappa shape index (κ2) is 12.9. The number of aliphatic hydroxyl groups excluding tert-OH is 1. The average molecular weight is 692 g/mol. The molecule has 2 atom stereocenters. The zero-order chi connectivity index (χ0) is 35.5. The maximum absolute atomic E-state index is 17.5. The first-order valence-electron chi connectivity index (χ1n) is 16.0. The number of hydrogen-bond acceptors (Lipinski definition) is 7. The number of carbonyl (C=O) groups is 2. The lowest BCUT2D eigenvalue weighted by Gasteiger charge is -2.50. The smallest absolute Gasteiger partial charge is 0.281 e. The van der Waals surface area contributed by atoms with E-state index >= 15 is 13.6 Å². The number of aromatic hydroxyl groups is 1. The fourth-order valence-electron chi connectivity index (χ4n) is 7.06. The van der Waals surface area contributed by atoms with E-state index in [-0.39, 0.29) is 77.5 Å². The van der Waals surface area contributed by atoms with E-state index in [0.29, 0.717) is 11.3 Å². The van der Waals surface area contributed by atoms with Gasteiger partial charge in [0.15, 0.2) is 5.82 Å². The van der Waals surface area contributed by atoms with Crippen molar-refractivity contribution in [1.29, 1.82) is 0 Å². The normalized spacial score (nSPS) is 17.5. The van der Waals surface area contributed by atoms with Gasteiger partial charge >= 0.3 is 0 Å². The third kappa shape index (κ3) is 5.34. The van der Waals surface area contributed by atoms with Crippen molar-refractivity contribution in [3.63, 3.8) is 0 Å². The third-order valence-corrected chi connectivity index (χ3v) is 9.61. The van der Waals surface area contributed by atoms with Crippen LogP contribution in [0.4, 0.5) is 20.2 Å². The number of phenolic OH excluding ortho intramolecular Hbond substituents is 1. The summed E-state index contributed by atoms with van der Waals surface area (Å²) >= 11 is 6.80. The first-order valence-corrected chi connectivity index (χ1v) is 16.4. The summed E-state index contributed by atoms with van der Waals surface area (Å²) in [6.45, 7) is 10.6. The molecule has 2 amide bonds. The number of benzene rings is 2. The van der Waals surface area contributed by atoms with Crippen LogP contribution in [-0.4, -0.2) is 74.8 Å². The van der Waals surface area contributed by atoms with Gasteiger partial charge in [-0.2, -0.15) is 0 Å². The highest BCUT2D eigenvalue weighted by Crippen LogP contribution is 2.48. The molecule has 13 heteroatoms. The van der Waals surface area contributed by atoms with Gasteiger partial charge in [0.05, 0.1) is 39.7 Å². The van der Waals surface area contributed by atoms with Gasteiger partial charge < -0.3 is 24.9 Å². The summed E-state index contributed by atoms with van der Waals surface area (Å²) in [5, 5.41) is 20.4. The molecule has 1 fully saturated rings. The number of piperazine rings is 1. The van der Waals surface area contributed by atoms with Gasteiger partial charge in [-0.1, -0.05) is 38.1 Å². The summed E-state index contributed by atoms with van der Waals surface area (Å²) in [6.07, 6.45) is 2.89. The van der Waals surface area contributed by atoms with E-state index in [0.717, 1.165) is 6.07 Å². The Morgan fingerprint density at radius 3 is 2.53 bits per heavy atom. The van der Waals surface area contributed by atoms with Gasteiger partial charge in [-0.15, -0.1) is 0 Å². The SMILES string of the molecule is C=CC(=O)N1CC2C(=O)N(CCCO)c3c(c4cc(Cl)c(-c5c(O)cccc5F)c(F)c4n(-c4c(C)ccnc4C(C)C)c3=O)N2CC1C. The molecule has 0 bridgehead atoms. The van der Waals surface area contributed by atoms with Gasteiger partial charge in [-0.25, -0.2) is 8.78 Å². The molecule has 49 heavy (non-hydrogen) atoms. The summed E-state index contributed by atoms with van der Waals surface area (Å²) in [7, 11) is 0. The quantitative estimate of drug-likeness (QED) is 0.248. The number of halogens is 3. The summed E-state index contributed by atoms with van der Waals surface area (Å²) < 4.78 is 34.0. The van der Waals surface area contributed by atoms with Crippen LogP contribution in [0.2, 0.25) is 5.02 Å². The molecule has 256 valence electrons. The monoisotopic (exact) mass is 691 g/mol. The third-order valence-electron chi connectivity index (χ3n) is 9.31. The molecular weight excluding hydrogens is 656 g/mol. The largest absolute Gasteiger partial charge is 0.507 e. The highest BCUT2D eigenvalue weighted by molar-refractivity contribution is 6.35. The van der Waals surface area contributed by atoms with Gasteiger partial charge in [0.2, 0.25) is 5.91 Å². The lowest BCUT2D eigenvalue weighted by Crippen LogP contribution is -2.66. The number of aliphatic hydroxyl groups is 1. The van der Waals surface area contributed by atoms with Gasteiger partial charge in [-0.05, 0) is 62.1 Å². The zero-order valence-corrected chi connectivity index (χ0v) is 28.3. The minimum absolute atomic E-state index is 0.0406. The molecular formula is C36H36ClF2N5O5. The van der Waals surface area contributed by atoms with Crippen LogP contribution < -0.4 is 15.4 Å². The fourth-order valence-corrected chi connectivity index (χ4v) is 7.35. The van der Waals surface area contributed by atoms with Gasteiger partial charge in [0, 0.05) is 42.9 Å². The lowest BCUT2D eigenvalue weighted by molar-refractivity contribution is -0.130. The Balaban J connectivity index is 1.82. The molecule has 2 aromatic heterocycles. The van der Waals surface area contributed by atoms with Crippen molar-refractivity contribution in [3.8, 4) is 22.6 Å². The number of carbonyl (C=O) groups excluding carboxylic acids is 2. The van der Waals surface area contributed by atoms with Crippen molar-refractivity contribution in [2.45, 2.75) is 52.1 Å². The lowest BCUT2D eigenvalue weighted by atomic mass is 9.94. The molecule has 10 nitrogen and oxygen atoms in total. The topological polar surface area (TPSA) is 119 Å². The molecule has 6 rings (SSSR count). The molecule has 2 aromatic carbocycles. The van der Waals surface area contributed by atoms with E-state index in [1.807, 2.05) is 13.8 Å². The highest BCUT2D eigenvalue weighted by atomic mass is 35.5. The van der Waals surface area contributed by atoms with Crippen molar-refractivity contribution in [2.24, 2.45) is 0 Å². The molecule has 4 aromatic rings. The average Bonchev–Trinajstić information content (AvgIpc) is 3.05. The van der Waals surface area contributed by atoms with Gasteiger partial charge in [-0.3, -0.25) is 23.9 Å². The Morgan fingerprint density at radius 1 is 1.14 bits per heavy atom. The van der Waals surface area contributed by atoms with E-state index in [9.17, 15) is 19.8 Å². The first kappa shape index (κ1) is 34.1. The maximum atomic E-state index is 17.5. The van der Waals surface area contributed by atoms with E-state index in [4.69, 9.17) is 11.6 Å². The summed E-state index contributed by atoms with van der Waals surface area (Å²) in [4.78, 5) is 51.3. The van der Waals surface area contributed by atoms with Crippen molar-refractivity contribution in [1.82, 2.24) is 14.5 Å². The number of pyridine rings is 2. The molecule has 2 aliphatic heterocycles. The van der Waals surface area contributed by atoms with E-state index in [1.54, 1.807) is 31.0 Å². The van der Waals surface area contributed by atoms with E-state index < -0.39 is 52.1 Å². The number of aryl methyl sites for hydroxylation is 1. The fraction of sp³-hybridized carbons (Fsp3) is 0.333. The van der Waals surface area contributed by atoms with Crippen LogP contribution in [0.25, 0.3) is 27.7 Å². The molecule has 0 aliphatic carbocycles. The van der Waals surface area contributed by atoms with Crippen LogP contribution in [0.15, 0.2) is 54.0 Å². The molecule has 0 saturated carbocycles. The van der Waals surface area contributed by atoms with Crippen LogP contribution in [0.3, 0.4) is 0 Å². The molecule has 1 saturated heterocycles. The number of anilines is 2. The second-order valence-corrected chi connectivity index (χ2v) is 13.1. The van der Waals surface area contributed by atoms with Crippen LogP contribution in [0.5, 0.6) is 5.75 Å². The van der Waals surface area contributed by atoms with Crippen LogP contribution in [-0.2, 0) is 9.59 Å². The molecule has 2 unspecified atom stereocenters. The summed E-state index contributed by atoms with van der Waals surface area (Å²) in [5.74, 6) is -3.61. The number of phenols is 1. The number of fused-ring (bicyclic) bond motifs is 5. The number of nitrogens with zero attached hydrogens (tertiary/aromatic N) is 5. The van der Waals surface area contributed by atoms with Crippen molar-refractivity contribution in [2.75, 3.05) is 36.0 Å². The Bertz CT molecular complexity index is 2080. The minimum atomic E-state index is -1.07. The zero-order valence-electron chi connectivity index (χ0n) is 27.5. The van der Waals surface area contributed by atoms with Gasteiger partial charge in [0.1, 0.15) is 23.3 Å². The molecule has 0 spiro atoms. The predicted octanol–water partition coefficient (Wildman–Crippen LogP) is 5.44.